The number of ether oxygens (including phenoxy) is 3. The molecule has 0 bridgehead atoms. The number of allylic oxidation sites excluding steroid dienone is 2. The van der Waals surface area contributed by atoms with Crippen LogP contribution < -0.4 is 4.74 Å². The highest BCUT2D eigenvalue weighted by atomic mass is 19.2. The van der Waals surface area contributed by atoms with Gasteiger partial charge in [-0.25, -0.2) is 8.78 Å². The number of benzene rings is 3. The van der Waals surface area contributed by atoms with E-state index in [1.54, 1.807) is 30.3 Å². The van der Waals surface area contributed by atoms with E-state index >= 15 is 4.39 Å². The molecule has 0 atom stereocenters. The summed E-state index contributed by atoms with van der Waals surface area (Å²) in [6.45, 7) is 5.22. The van der Waals surface area contributed by atoms with Gasteiger partial charge in [0.15, 0.2) is 17.9 Å². The van der Waals surface area contributed by atoms with Crippen LogP contribution in [0.4, 0.5) is 13.2 Å². The smallest absolute Gasteiger partial charge is 0.201 e. The molecule has 1 aliphatic rings. The average molecular weight is 525 g/mol. The van der Waals surface area contributed by atoms with Crippen LogP contribution in [0.5, 0.6) is 5.75 Å². The van der Waals surface area contributed by atoms with E-state index in [1.165, 1.54) is 18.2 Å². The zero-order valence-corrected chi connectivity index (χ0v) is 22.0. The van der Waals surface area contributed by atoms with Gasteiger partial charge in [-0.05, 0) is 60.2 Å². The van der Waals surface area contributed by atoms with Crippen molar-refractivity contribution in [3.63, 3.8) is 0 Å². The fourth-order valence-electron chi connectivity index (χ4n) is 4.57. The van der Waals surface area contributed by atoms with Crippen molar-refractivity contribution in [1.29, 1.82) is 0 Å². The van der Waals surface area contributed by atoms with E-state index in [4.69, 9.17) is 14.2 Å². The first-order valence-corrected chi connectivity index (χ1v) is 13.4. The van der Waals surface area contributed by atoms with E-state index in [-0.39, 0.29) is 29.3 Å². The fourth-order valence-corrected chi connectivity index (χ4v) is 4.57. The Kier molecular flexibility index (Phi) is 10.0. The van der Waals surface area contributed by atoms with Gasteiger partial charge < -0.3 is 14.2 Å². The highest BCUT2D eigenvalue weighted by molar-refractivity contribution is 5.71. The van der Waals surface area contributed by atoms with Crippen molar-refractivity contribution in [1.82, 2.24) is 0 Å². The van der Waals surface area contributed by atoms with E-state index in [0.29, 0.717) is 36.5 Å². The maximum Gasteiger partial charge on any atom is 0.201 e. The van der Waals surface area contributed by atoms with Gasteiger partial charge >= 0.3 is 0 Å². The van der Waals surface area contributed by atoms with Gasteiger partial charge in [0.2, 0.25) is 5.82 Å². The van der Waals surface area contributed by atoms with E-state index in [1.807, 2.05) is 19.1 Å². The molecular formula is C32H35F3O3. The van der Waals surface area contributed by atoms with Crippen molar-refractivity contribution in [3.05, 3.63) is 89.8 Å². The summed E-state index contributed by atoms with van der Waals surface area (Å²) < 4.78 is 61.4. The van der Waals surface area contributed by atoms with Crippen molar-refractivity contribution in [3.8, 4) is 28.0 Å². The lowest BCUT2D eigenvalue weighted by molar-refractivity contribution is -0.189. The van der Waals surface area contributed by atoms with Gasteiger partial charge in [-0.2, -0.15) is 4.39 Å². The monoisotopic (exact) mass is 524 g/mol. The SMILES string of the molecule is CC=CCCC1OCC(c2ccc(-c3ccc(-c4ccc(OCCCCC)c(F)c4F)cc3)cc2F)CO1. The zero-order valence-electron chi connectivity index (χ0n) is 22.0. The molecule has 1 aliphatic heterocycles. The zero-order chi connectivity index (χ0) is 26.9. The molecule has 1 heterocycles. The van der Waals surface area contributed by atoms with Crippen molar-refractivity contribution >= 4 is 0 Å². The van der Waals surface area contributed by atoms with Crippen LogP contribution in [-0.4, -0.2) is 26.1 Å². The minimum absolute atomic E-state index is 0.0764. The van der Waals surface area contributed by atoms with Crippen molar-refractivity contribution in [2.75, 3.05) is 19.8 Å². The van der Waals surface area contributed by atoms with Crippen molar-refractivity contribution < 1.29 is 27.4 Å². The molecule has 0 spiro atoms. The lowest BCUT2D eigenvalue weighted by Gasteiger charge is -2.29. The Morgan fingerprint density at radius 1 is 0.868 bits per heavy atom. The predicted molar refractivity (Wildman–Crippen MR) is 145 cm³/mol. The Morgan fingerprint density at radius 2 is 1.58 bits per heavy atom. The van der Waals surface area contributed by atoms with E-state index in [0.717, 1.165) is 37.7 Å². The predicted octanol–water partition coefficient (Wildman–Crippen LogP) is 8.82. The molecule has 38 heavy (non-hydrogen) atoms. The molecule has 0 unspecified atom stereocenters. The second-order valence-electron chi connectivity index (χ2n) is 9.55. The summed E-state index contributed by atoms with van der Waals surface area (Å²) >= 11 is 0. The van der Waals surface area contributed by atoms with Crippen LogP contribution in [0.2, 0.25) is 0 Å². The summed E-state index contributed by atoms with van der Waals surface area (Å²) in [5.41, 5.74) is 2.71. The Balaban J connectivity index is 1.41. The molecule has 202 valence electrons. The molecule has 0 aliphatic carbocycles. The molecule has 1 saturated heterocycles. The van der Waals surface area contributed by atoms with Crippen LogP contribution >= 0.6 is 0 Å². The summed E-state index contributed by atoms with van der Waals surface area (Å²) in [6.07, 6.45) is 8.27. The third-order valence-corrected chi connectivity index (χ3v) is 6.79. The fraction of sp³-hybridized carbons (Fsp3) is 0.375. The maximum absolute atomic E-state index is 15.1. The molecule has 4 rings (SSSR count). The Hall–Kier alpha value is -3.09. The van der Waals surface area contributed by atoms with Crippen LogP contribution in [0.15, 0.2) is 66.7 Å². The van der Waals surface area contributed by atoms with Crippen molar-refractivity contribution in [2.24, 2.45) is 0 Å². The number of hydrogen-bond donors (Lipinski definition) is 0. The van der Waals surface area contributed by atoms with Gasteiger partial charge in [0, 0.05) is 17.9 Å². The largest absolute Gasteiger partial charge is 0.490 e. The quantitative estimate of drug-likeness (QED) is 0.185. The number of halogens is 3. The third kappa shape index (κ3) is 6.86. The molecule has 0 saturated carbocycles. The minimum atomic E-state index is -0.986. The Labute approximate surface area is 223 Å². The summed E-state index contributed by atoms with van der Waals surface area (Å²) in [5, 5.41) is 0. The standard InChI is InChI=1S/C32H35F3O3/c1-3-5-7-9-30-37-20-25(21-38-30)26-15-14-24(19-28(26)33)22-10-12-23(13-11-22)27-16-17-29(32(35)31(27)34)36-18-8-6-4-2/h3,5,10-17,19,25,30H,4,6-9,18,20-21H2,1-2H3. The van der Waals surface area contributed by atoms with Gasteiger partial charge in [-0.15, -0.1) is 0 Å². The first kappa shape index (κ1) is 27.9. The van der Waals surface area contributed by atoms with Gasteiger partial charge in [-0.1, -0.05) is 68.3 Å². The molecule has 0 aromatic heterocycles. The van der Waals surface area contributed by atoms with Gasteiger partial charge in [-0.3, -0.25) is 0 Å². The normalized spacial score (nSPS) is 17.7. The minimum Gasteiger partial charge on any atom is -0.490 e. The van der Waals surface area contributed by atoms with E-state index in [9.17, 15) is 8.78 Å². The average Bonchev–Trinajstić information content (AvgIpc) is 2.94. The first-order valence-electron chi connectivity index (χ1n) is 13.4. The molecule has 0 N–H and O–H groups in total. The number of rotatable bonds is 11. The summed E-state index contributed by atoms with van der Waals surface area (Å²) in [4.78, 5) is 0. The summed E-state index contributed by atoms with van der Waals surface area (Å²) in [5.74, 6) is -2.49. The topological polar surface area (TPSA) is 27.7 Å². The summed E-state index contributed by atoms with van der Waals surface area (Å²) in [6, 6.07) is 15.1. The second kappa shape index (κ2) is 13.6. The molecule has 3 aromatic carbocycles. The van der Waals surface area contributed by atoms with Crippen LogP contribution in [0, 0.1) is 17.5 Å². The van der Waals surface area contributed by atoms with Crippen LogP contribution in [0.3, 0.4) is 0 Å². The Morgan fingerprint density at radius 3 is 2.26 bits per heavy atom. The van der Waals surface area contributed by atoms with Crippen LogP contribution in [0.25, 0.3) is 22.3 Å². The van der Waals surface area contributed by atoms with Gasteiger partial charge in [0.25, 0.3) is 0 Å². The molecule has 0 radical (unpaired) electrons. The molecule has 6 heteroatoms. The van der Waals surface area contributed by atoms with Crippen LogP contribution in [-0.2, 0) is 9.47 Å². The molecule has 1 fully saturated rings. The van der Waals surface area contributed by atoms with Gasteiger partial charge in [0.1, 0.15) is 5.82 Å². The molecular weight excluding hydrogens is 489 g/mol. The number of hydrogen-bond acceptors (Lipinski definition) is 3. The molecule has 0 amide bonds. The van der Waals surface area contributed by atoms with Gasteiger partial charge in [0.05, 0.1) is 19.8 Å². The first-order chi connectivity index (χ1) is 18.5. The lowest BCUT2D eigenvalue weighted by atomic mass is 9.95. The molecule has 3 nitrogen and oxygen atoms in total. The van der Waals surface area contributed by atoms with Crippen molar-refractivity contribution in [2.45, 2.75) is 58.2 Å². The lowest BCUT2D eigenvalue weighted by Crippen LogP contribution is -2.31. The highest BCUT2D eigenvalue weighted by Crippen LogP contribution is 2.33. The molecule has 3 aromatic rings. The Bertz CT molecular complexity index is 1220. The second-order valence-corrected chi connectivity index (χ2v) is 9.55. The summed E-state index contributed by atoms with van der Waals surface area (Å²) in [7, 11) is 0. The van der Waals surface area contributed by atoms with Crippen LogP contribution in [0.1, 0.15) is 57.4 Å². The maximum atomic E-state index is 15.1. The number of unbranched alkanes of at least 4 members (excludes halogenated alkanes) is 2. The van der Waals surface area contributed by atoms with E-state index in [2.05, 4.69) is 13.0 Å². The van der Waals surface area contributed by atoms with E-state index < -0.39 is 11.6 Å². The highest BCUT2D eigenvalue weighted by Gasteiger charge is 2.25. The third-order valence-electron chi connectivity index (χ3n) is 6.79.